The minimum absolute atomic E-state index is 0.284. The topological polar surface area (TPSA) is 104 Å². The SMILES string of the molecule is Cc1cc(Nc2c(C#N)cnc3c(C)cc(N[C@@H](c4cccnc4)c4cn(C)nn4)cc23)ccc1F. The van der Waals surface area contributed by atoms with Crippen LogP contribution in [0.25, 0.3) is 10.9 Å². The number of aryl methyl sites for hydroxylation is 3. The highest BCUT2D eigenvalue weighted by atomic mass is 19.1. The molecule has 8 nitrogen and oxygen atoms in total. The number of pyridine rings is 2. The van der Waals surface area contributed by atoms with Crippen molar-refractivity contribution in [2.75, 3.05) is 10.6 Å². The standard InChI is InChI=1S/C27H23FN8/c1-16-9-20(6-7-23(16)28)32-26-19(12-29)14-31-25-17(2)10-21(11-22(25)26)33-27(18-5-4-8-30-13-18)24-15-36(3)35-34-24/h4-11,13-15,27,33H,1-3H3,(H,31,32)/t27-/m0/s1. The Morgan fingerprint density at radius 3 is 2.58 bits per heavy atom. The summed E-state index contributed by atoms with van der Waals surface area (Å²) in [6.45, 7) is 3.67. The molecule has 0 aliphatic rings. The van der Waals surface area contributed by atoms with Crippen LogP contribution in [0.15, 0.2) is 67.3 Å². The molecule has 0 spiro atoms. The van der Waals surface area contributed by atoms with E-state index in [1.807, 2.05) is 44.4 Å². The lowest BCUT2D eigenvalue weighted by Gasteiger charge is -2.20. The molecule has 5 aromatic rings. The number of hydrogen-bond donors (Lipinski definition) is 2. The molecule has 0 amide bonds. The Kier molecular flexibility index (Phi) is 6.00. The van der Waals surface area contributed by atoms with Crippen LogP contribution in [0.3, 0.4) is 0 Å². The average molecular weight is 479 g/mol. The molecule has 3 heterocycles. The zero-order valence-corrected chi connectivity index (χ0v) is 20.0. The Bertz CT molecular complexity index is 1600. The van der Waals surface area contributed by atoms with Crippen molar-refractivity contribution in [3.05, 3.63) is 101 Å². The number of nitrogens with zero attached hydrogens (tertiary/aromatic N) is 6. The van der Waals surface area contributed by atoms with Crippen molar-refractivity contribution in [3.63, 3.8) is 0 Å². The van der Waals surface area contributed by atoms with Crippen LogP contribution in [-0.2, 0) is 7.05 Å². The first-order valence-electron chi connectivity index (χ1n) is 11.3. The summed E-state index contributed by atoms with van der Waals surface area (Å²) in [6.07, 6.45) is 6.93. The van der Waals surface area contributed by atoms with Gasteiger partial charge in [0.2, 0.25) is 0 Å². The quantitative estimate of drug-likeness (QED) is 0.340. The van der Waals surface area contributed by atoms with E-state index in [9.17, 15) is 9.65 Å². The minimum Gasteiger partial charge on any atom is -0.373 e. The largest absolute Gasteiger partial charge is 0.373 e. The van der Waals surface area contributed by atoms with Crippen molar-refractivity contribution >= 4 is 28.0 Å². The average Bonchev–Trinajstić information content (AvgIpc) is 3.31. The Morgan fingerprint density at radius 2 is 1.89 bits per heavy atom. The lowest BCUT2D eigenvalue weighted by Crippen LogP contribution is -2.13. The molecule has 0 bridgehead atoms. The van der Waals surface area contributed by atoms with E-state index >= 15 is 0 Å². The monoisotopic (exact) mass is 478 g/mol. The molecule has 9 heteroatoms. The summed E-state index contributed by atoms with van der Waals surface area (Å²) in [7, 11) is 1.82. The molecule has 178 valence electrons. The molecule has 0 radical (unpaired) electrons. The number of aromatic nitrogens is 5. The van der Waals surface area contributed by atoms with Crippen LogP contribution in [0.5, 0.6) is 0 Å². The maximum Gasteiger partial charge on any atom is 0.126 e. The van der Waals surface area contributed by atoms with Crippen molar-refractivity contribution in [1.82, 2.24) is 25.0 Å². The summed E-state index contributed by atoms with van der Waals surface area (Å²) < 4.78 is 15.5. The highest BCUT2D eigenvalue weighted by Crippen LogP contribution is 2.35. The van der Waals surface area contributed by atoms with Gasteiger partial charge in [-0.3, -0.25) is 14.6 Å². The molecule has 3 aromatic heterocycles. The van der Waals surface area contributed by atoms with Gasteiger partial charge in [0.25, 0.3) is 0 Å². The van der Waals surface area contributed by atoms with E-state index in [-0.39, 0.29) is 11.9 Å². The van der Waals surface area contributed by atoms with E-state index in [4.69, 9.17) is 0 Å². The van der Waals surface area contributed by atoms with E-state index in [1.54, 1.807) is 42.3 Å². The first kappa shape index (κ1) is 22.9. The third-order valence-electron chi connectivity index (χ3n) is 5.95. The van der Waals surface area contributed by atoms with Crippen molar-refractivity contribution in [2.45, 2.75) is 19.9 Å². The number of hydrogen-bond acceptors (Lipinski definition) is 7. The van der Waals surface area contributed by atoms with Gasteiger partial charge >= 0.3 is 0 Å². The fraction of sp³-hybridized carbons (Fsp3) is 0.148. The summed E-state index contributed by atoms with van der Waals surface area (Å²) >= 11 is 0. The minimum atomic E-state index is -0.299. The van der Waals surface area contributed by atoms with Gasteiger partial charge in [-0.1, -0.05) is 11.3 Å². The van der Waals surface area contributed by atoms with Crippen molar-refractivity contribution in [1.29, 1.82) is 5.26 Å². The molecule has 0 fully saturated rings. The van der Waals surface area contributed by atoms with Crippen LogP contribution in [0.2, 0.25) is 0 Å². The second-order valence-electron chi connectivity index (χ2n) is 8.62. The highest BCUT2D eigenvalue weighted by molar-refractivity contribution is 5.99. The van der Waals surface area contributed by atoms with Gasteiger partial charge < -0.3 is 10.6 Å². The van der Waals surface area contributed by atoms with Gasteiger partial charge in [0, 0.05) is 42.4 Å². The van der Waals surface area contributed by atoms with Crippen LogP contribution < -0.4 is 10.6 Å². The van der Waals surface area contributed by atoms with Crippen LogP contribution in [0, 0.1) is 31.0 Å². The highest BCUT2D eigenvalue weighted by Gasteiger charge is 2.20. The molecule has 0 saturated carbocycles. The molecular weight excluding hydrogens is 455 g/mol. The van der Waals surface area contributed by atoms with Gasteiger partial charge in [-0.15, -0.1) is 5.10 Å². The molecule has 2 N–H and O–H groups in total. The first-order chi connectivity index (χ1) is 17.4. The number of benzene rings is 2. The van der Waals surface area contributed by atoms with E-state index in [0.717, 1.165) is 33.4 Å². The fourth-order valence-corrected chi connectivity index (χ4v) is 4.19. The molecule has 1 atom stereocenters. The van der Waals surface area contributed by atoms with E-state index in [1.165, 1.54) is 6.07 Å². The molecular formula is C27H23FN8. The zero-order valence-electron chi connectivity index (χ0n) is 20.0. The molecule has 36 heavy (non-hydrogen) atoms. The van der Waals surface area contributed by atoms with Crippen LogP contribution >= 0.6 is 0 Å². The lowest BCUT2D eigenvalue weighted by atomic mass is 10.0. The van der Waals surface area contributed by atoms with Gasteiger partial charge in [-0.25, -0.2) is 4.39 Å². The predicted molar refractivity (Wildman–Crippen MR) is 136 cm³/mol. The summed E-state index contributed by atoms with van der Waals surface area (Å²) in [6, 6.07) is 14.5. The van der Waals surface area contributed by atoms with Crippen molar-refractivity contribution < 1.29 is 4.39 Å². The predicted octanol–water partition coefficient (Wildman–Crippen LogP) is 5.33. The number of rotatable bonds is 6. The molecule has 5 rings (SSSR count). The maximum absolute atomic E-state index is 13.8. The summed E-state index contributed by atoms with van der Waals surface area (Å²) in [4.78, 5) is 8.81. The first-order valence-corrected chi connectivity index (χ1v) is 11.3. The van der Waals surface area contributed by atoms with Crippen molar-refractivity contribution in [3.8, 4) is 6.07 Å². The summed E-state index contributed by atoms with van der Waals surface area (Å²) in [5.41, 5.74) is 6.37. The Balaban J connectivity index is 1.62. The fourth-order valence-electron chi connectivity index (χ4n) is 4.19. The van der Waals surface area contributed by atoms with Crippen LogP contribution in [0.1, 0.15) is 34.0 Å². The van der Waals surface area contributed by atoms with E-state index in [2.05, 4.69) is 37.0 Å². The third-order valence-corrected chi connectivity index (χ3v) is 5.95. The zero-order chi connectivity index (χ0) is 25.2. The number of nitriles is 1. The Labute approximate surface area is 207 Å². The Hall–Kier alpha value is -4.84. The van der Waals surface area contributed by atoms with Crippen molar-refractivity contribution in [2.24, 2.45) is 7.05 Å². The van der Waals surface area contributed by atoms with Gasteiger partial charge in [0.05, 0.1) is 29.0 Å². The van der Waals surface area contributed by atoms with Crippen LogP contribution in [0.4, 0.5) is 21.5 Å². The molecule has 0 aliphatic heterocycles. The Morgan fingerprint density at radius 1 is 1.06 bits per heavy atom. The maximum atomic E-state index is 13.8. The number of anilines is 3. The third kappa shape index (κ3) is 4.44. The normalized spacial score (nSPS) is 11.8. The second-order valence-corrected chi connectivity index (χ2v) is 8.62. The summed E-state index contributed by atoms with van der Waals surface area (Å²) in [5.74, 6) is -0.284. The molecule has 0 aliphatic carbocycles. The summed E-state index contributed by atoms with van der Waals surface area (Å²) in [5, 5.41) is 25.9. The molecule has 0 saturated heterocycles. The molecule has 2 aromatic carbocycles. The number of nitrogens with one attached hydrogen (secondary N) is 2. The second kappa shape index (κ2) is 9.43. The van der Waals surface area contributed by atoms with Gasteiger partial charge in [0.15, 0.2) is 0 Å². The van der Waals surface area contributed by atoms with Gasteiger partial charge in [-0.05, 0) is 66.9 Å². The van der Waals surface area contributed by atoms with E-state index in [0.29, 0.717) is 22.5 Å². The van der Waals surface area contributed by atoms with Gasteiger partial charge in [0.1, 0.15) is 17.6 Å². The lowest BCUT2D eigenvalue weighted by molar-refractivity contribution is 0.619. The van der Waals surface area contributed by atoms with E-state index < -0.39 is 0 Å². The number of halogens is 1. The number of fused-ring (bicyclic) bond motifs is 1. The smallest absolute Gasteiger partial charge is 0.126 e. The van der Waals surface area contributed by atoms with Crippen LogP contribution in [-0.4, -0.2) is 25.0 Å². The molecule has 0 unspecified atom stereocenters. The van der Waals surface area contributed by atoms with Gasteiger partial charge in [-0.2, -0.15) is 5.26 Å².